The van der Waals surface area contributed by atoms with Crippen LogP contribution in [0.1, 0.15) is 56.2 Å². The van der Waals surface area contributed by atoms with Crippen LogP contribution in [-0.2, 0) is 20.1 Å². The topological polar surface area (TPSA) is 43.9 Å². The van der Waals surface area contributed by atoms with Crippen LogP contribution in [0, 0.1) is 19.1 Å². The van der Waals surface area contributed by atoms with E-state index in [0.29, 0.717) is 11.8 Å². The Balaban J connectivity index is 0.000000240. The summed E-state index contributed by atoms with van der Waals surface area (Å²) < 4.78 is 8.83. The molecule has 6 aromatic carbocycles. The molecule has 0 aliphatic carbocycles. The van der Waals surface area contributed by atoms with Gasteiger partial charge in [0, 0.05) is 37.4 Å². The molecule has 58 heavy (non-hydrogen) atoms. The summed E-state index contributed by atoms with van der Waals surface area (Å²) in [5, 5.41) is 3.58. The number of para-hydroxylation sites is 3. The first-order chi connectivity index (χ1) is 27.5. The normalized spacial score (nSPS) is 11.6. The molecule has 0 unspecified atom stereocenters. The van der Waals surface area contributed by atoms with E-state index in [2.05, 4.69) is 185 Å². The first-order valence-electron chi connectivity index (χ1n) is 20.0. The summed E-state index contributed by atoms with van der Waals surface area (Å²) in [4.78, 5) is 9.78. The number of rotatable bonds is 7. The van der Waals surface area contributed by atoms with Crippen molar-refractivity contribution in [3.63, 3.8) is 0 Å². The van der Waals surface area contributed by atoms with E-state index in [0.717, 1.165) is 55.6 Å². The van der Waals surface area contributed by atoms with Crippen LogP contribution in [0.5, 0.6) is 0 Å². The number of furan rings is 1. The Kier molecular flexibility index (Phi) is 11.8. The standard InChI is InChI=1S/C37H31N2O.C15H18NSi.Ir/c1-23(2)30-21-26(25-13-6-5-7-14-25)22-31(24(3)4)35(30)39-33-19-10-9-18-32(33)38-37(39)29-17-12-16-28-27-15-8-11-20-34(27)40-36(28)29;1-12-5-7-13(8-6-12)15-10-9-14(11-16-15)17(2,3)4;/h5-16,18-24H,1-4H3;5-7,9-11H,1-4H3;/q2*-1;. The second kappa shape index (κ2) is 16.8. The molecule has 0 atom stereocenters. The number of nitrogens with zero attached hydrogens (tertiary/aromatic N) is 3. The van der Waals surface area contributed by atoms with Crippen molar-refractivity contribution in [1.29, 1.82) is 0 Å². The number of aryl methyl sites for hydroxylation is 1. The van der Waals surface area contributed by atoms with E-state index in [1.54, 1.807) is 0 Å². The van der Waals surface area contributed by atoms with Gasteiger partial charge in [0.2, 0.25) is 0 Å². The number of fused-ring (bicyclic) bond motifs is 4. The summed E-state index contributed by atoms with van der Waals surface area (Å²) in [6, 6.07) is 53.4. The zero-order chi connectivity index (χ0) is 39.8. The van der Waals surface area contributed by atoms with Gasteiger partial charge in [-0.15, -0.1) is 53.6 Å². The minimum atomic E-state index is -1.24. The van der Waals surface area contributed by atoms with Crippen molar-refractivity contribution in [3.05, 3.63) is 168 Å². The molecule has 9 aromatic rings. The Morgan fingerprint density at radius 2 is 1.38 bits per heavy atom. The fourth-order valence-electron chi connectivity index (χ4n) is 7.55. The molecule has 0 N–H and O–H groups in total. The van der Waals surface area contributed by atoms with E-state index in [4.69, 9.17) is 9.40 Å². The minimum absolute atomic E-state index is 0. The summed E-state index contributed by atoms with van der Waals surface area (Å²) >= 11 is 0. The third kappa shape index (κ3) is 8.02. The Hall–Kier alpha value is -5.39. The molecule has 1 radical (unpaired) electrons. The summed E-state index contributed by atoms with van der Waals surface area (Å²) in [7, 11) is -1.24. The molecular formula is C52H49IrN3OSi-2. The van der Waals surface area contributed by atoms with Gasteiger partial charge in [0.25, 0.3) is 0 Å². The maximum atomic E-state index is 6.47. The van der Waals surface area contributed by atoms with E-state index < -0.39 is 8.07 Å². The van der Waals surface area contributed by atoms with Gasteiger partial charge in [-0.25, -0.2) is 0 Å². The van der Waals surface area contributed by atoms with Crippen molar-refractivity contribution in [1.82, 2.24) is 14.5 Å². The van der Waals surface area contributed by atoms with E-state index >= 15 is 0 Å². The molecule has 0 spiro atoms. The Labute approximate surface area is 357 Å². The van der Waals surface area contributed by atoms with Gasteiger partial charge in [-0.05, 0) is 75.3 Å². The van der Waals surface area contributed by atoms with Gasteiger partial charge in [0.15, 0.2) is 0 Å². The van der Waals surface area contributed by atoms with Crippen molar-refractivity contribution in [3.8, 4) is 39.5 Å². The predicted molar refractivity (Wildman–Crippen MR) is 242 cm³/mol. The predicted octanol–water partition coefficient (Wildman–Crippen LogP) is 13.7. The third-order valence-electron chi connectivity index (χ3n) is 10.7. The average Bonchev–Trinajstić information content (AvgIpc) is 3.80. The summed E-state index contributed by atoms with van der Waals surface area (Å²) in [5.74, 6) is 1.45. The van der Waals surface area contributed by atoms with Crippen molar-refractivity contribution in [2.75, 3.05) is 0 Å². The average molecular weight is 952 g/mol. The Morgan fingerprint density at radius 1 is 0.690 bits per heavy atom. The number of hydrogen-bond acceptors (Lipinski definition) is 3. The molecule has 0 saturated heterocycles. The molecule has 0 aliphatic heterocycles. The molecule has 3 aromatic heterocycles. The van der Waals surface area contributed by atoms with Crippen LogP contribution in [0.15, 0.2) is 144 Å². The van der Waals surface area contributed by atoms with Crippen LogP contribution in [0.3, 0.4) is 0 Å². The number of benzene rings is 6. The minimum Gasteiger partial charge on any atom is -0.501 e. The van der Waals surface area contributed by atoms with Crippen molar-refractivity contribution in [2.45, 2.75) is 66.1 Å². The van der Waals surface area contributed by atoms with E-state index in [1.807, 2.05) is 30.5 Å². The summed E-state index contributed by atoms with van der Waals surface area (Å²) in [5.41, 5.74) is 14.2. The molecule has 0 aliphatic rings. The first kappa shape index (κ1) is 40.8. The van der Waals surface area contributed by atoms with Crippen LogP contribution in [-0.4, -0.2) is 22.6 Å². The maximum absolute atomic E-state index is 6.47. The maximum Gasteiger partial charge on any atom is 0.120 e. The largest absolute Gasteiger partial charge is 0.501 e. The van der Waals surface area contributed by atoms with Crippen LogP contribution in [0.25, 0.3) is 72.4 Å². The molecule has 4 nitrogen and oxygen atoms in total. The fourth-order valence-corrected chi connectivity index (χ4v) is 8.59. The SMILES string of the molecule is CC(C)c1cc(-c2ccccc2)cc(C(C)C)c1-n1c(-c2[c-]ccc3c2oc2ccccc23)nc2ccccc21.Cc1c[c-]c(-c2ccc([Si](C)(C)C)cn2)cc1.[Ir]. The van der Waals surface area contributed by atoms with Crippen molar-refractivity contribution < 1.29 is 24.5 Å². The number of aromatic nitrogens is 3. The van der Waals surface area contributed by atoms with Gasteiger partial charge in [-0.3, -0.25) is 4.98 Å². The smallest absolute Gasteiger partial charge is 0.120 e. The van der Waals surface area contributed by atoms with E-state index in [-0.39, 0.29) is 20.1 Å². The van der Waals surface area contributed by atoms with Crippen LogP contribution in [0.2, 0.25) is 19.6 Å². The molecule has 293 valence electrons. The molecule has 6 heteroatoms. The number of hydrogen-bond donors (Lipinski definition) is 0. The van der Waals surface area contributed by atoms with E-state index in [9.17, 15) is 0 Å². The Morgan fingerprint density at radius 3 is 2.03 bits per heavy atom. The molecule has 0 saturated carbocycles. The van der Waals surface area contributed by atoms with Gasteiger partial charge in [-0.2, -0.15) is 0 Å². The van der Waals surface area contributed by atoms with E-state index in [1.165, 1.54) is 38.7 Å². The second-order valence-corrected chi connectivity index (χ2v) is 21.7. The molecular weight excluding hydrogens is 903 g/mol. The summed E-state index contributed by atoms with van der Waals surface area (Å²) in [6.07, 6.45) is 2.02. The quantitative estimate of drug-likeness (QED) is 0.118. The summed E-state index contributed by atoms with van der Waals surface area (Å²) in [6.45, 7) is 18.2. The van der Waals surface area contributed by atoms with Gasteiger partial charge in [0.05, 0.1) is 30.5 Å². The van der Waals surface area contributed by atoms with Gasteiger partial charge in [-0.1, -0.05) is 138 Å². The zero-order valence-corrected chi connectivity index (χ0v) is 37.9. The second-order valence-electron chi connectivity index (χ2n) is 16.6. The molecule has 3 heterocycles. The zero-order valence-electron chi connectivity index (χ0n) is 34.5. The van der Waals surface area contributed by atoms with Crippen LogP contribution < -0.4 is 5.19 Å². The monoisotopic (exact) mass is 952 g/mol. The van der Waals surface area contributed by atoms with Gasteiger partial charge < -0.3 is 14.0 Å². The molecule has 0 bridgehead atoms. The fraction of sp³-hybridized carbons (Fsp3) is 0.192. The Bertz CT molecular complexity index is 2800. The third-order valence-corrected chi connectivity index (χ3v) is 12.8. The number of imidazole rings is 1. The van der Waals surface area contributed by atoms with Crippen molar-refractivity contribution >= 4 is 46.2 Å². The molecule has 0 amide bonds. The van der Waals surface area contributed by atoms with Gasteiger partial charge >= 0.3 is 0 Å². The first-order valence-corrected chi connectivity index (χ1v) is 23.5. The van der Waals surface area contributed by atoms with Gasteiger partial charge in [0.1, 0.15) is 5.58 Å². The number of pyridine rings is 1. The molecule has 0 fully saturated rings. The van der Waals surface area contributed by atoms with Crippen LogP contribution >= 0.6 is 0 Å². The van der Waals surface area contributed by atoms with Crippen LogP contribution in [0.4, 0.5) is 0 Å². The molecule has 9 rings (SSSR count). The van der Waals surface area contributed by atoms with Crippen molar-refractivity contribution in [2.24, 2.45) is 0 Å².